The highest BCUT2D eigenvalue weighted by Gasteiger charge is 2.18. The predicted octanol–water partition coefficient (Wildman–Crippen LogP) is 4.52. The highest BCUT2D eigenvalue weighted by Crippen LogP contribution is 2.33. The first-order chi connectivity index (χ1) is 9.15. The van der Waals surface area contributed by atoms with Gasteiger partial charge in [-0.15, -0.1) is 0 Å². The van der Waals surface area contributed by atoms with Gasteiger partial charge in [-0.05, 0) is 53.6 Å². The van der Waals surface area contributed by atoms with Gasteiger partial charge in [0.05, 0.1) is 11.1 Å². The van der Waals surface area contributed by atoms with Gasteiger partial charge < -0.3 is 5.11 Å². The van der Waals surface area contributed by atoms with E-state index in [0.29, 0.717) is 0 Å². The molecule has 98 valence electrons. The van der Waals surface area contributed by atoms with E-state index in [1.54, 1.807) is 12.1 Å². The Kier molecular flexibility index (Phi) is 3.29. The minimum atomic E-state index is -0.404. The molecule has 3 heteroatoms. The summed E-state index contributed by atoms with van der Waals surface area (Å²) in [6.07, 6.45) is 2.46. The molecule has 0 spiro atoms. The van der Waals surface area contributed by atoms with Crippen LogP contribution >= 0.6 is 11.6 Å². The first-order valence-electron chi connectivity index (χ1n) is 6.41. The number of aryl methyl sites for hydroxylation is 1. The van der Waals surface area contributed by atoms with Crippen molar-refractivity contribution in [3.63, 3.8) is 0 Å². The lowest BCUT2D eigenvalue weighted by molar-refractivity contribution is 0.156. The van der Waals surface area contributed by atoms with Gasteiger partial charge in [0.1, 0.15) is 5.82 Å². The maximum Gasteiger partial charge on any atom is 0.141 e. The van der Waals surface area contributed by atoms with Crippen molar-refractivity contribution < 1.29 is 9.50 Å². The van der Waals surface area contributed by atoms with Gasteiger partial charge in [-0.25, -0.2) is 4.39 Å². The lowest BCUT2D eigenvalue weighted by Gasteiger charge is -2.22. The number of aliphatic hydroxyl groups excluding tert-OH is 1. The second kappa shape index (κ2) is 4.95. The molecule has 0 radical (unpaired) electrons. The first-order valence-corrected chi connectivity index (χ1v) is 6.79. The molecule has 0 saturated heterocycles. The van der Waals surface area contributed by atoms with Crippen molar-refractivity contribution in [1.82, 2.24) is 0 Å². The minimum absolute atomic E-state index is 0.134. The molecule has 0 aliphatic heterocycles. The van der Waals surface area contributed by atoms with Crippen LogP contribution in [0.25, 0.3) is 11.1 Å². The van der Waals surface area contributed by atoms with Crippen molar-refractivity contribution >= 4 is 11.6 Å². The summed E-state index contributed by atoms with van der Waals surface area (Å²) >= 11 is 5.82. The number of fused-ring (bicyclic) bond motifs is 1. The highest BCUT2D eigenvalue weighted by molar-refractivity contribution is 6.31. The van der Waals surface area contributed by atoms with E-state index in [1.807, 2.05) is 12.1 Å². The Morgan fingerprint density at radius 3 is 2.63 bits per heavy atom. The van der Waals surface area contributed by atoms with Crippen LogP contribution in [0.1, 0.15) is 30.1 Å². The summed E-state index contributed by atoms with van der Waals surface area (Å²) in [5.74, 6) is -0.404. The lowest BCUT2D eigenvalue weighted by atomic mass is 9.87. The zero-order valence-electron chi connectivity index (χ0n) is 10.4. The standard InChI is InChI=1S/C16H14ClFO/c17-14-9-11(5-7-15(14)18)10-4-6-13-12(8-10)2-1-3-16(13)19/h4-9,16,19H,1-3H2. The van der Waals surface area contributed by atoms with Crippen LogP contribution in [0, 0.1) is 5.82 Å². The smallest absolute Gasteiger partial charge is 0.141 e. The quantitative estimate of drug-likeness (QED) is 0.812. The molecule has 1 N–H and O–H groups in total. The molecule has 3 rings (SSSR count). The van der Waals surface area contributed by atoms with E-state index >= 15 is 0 Å². The number of hydrogen-bond acceptors (Lipinski definition) is 1. The van der Waals surface area contributed by atoms with Crippen LogP contribution in [-0.4, -0.2) is 5.11 Å². The highest BCUT2D eigenvalue weighted by atomic mass is 35.5. The molecule has 1 atom stereocenters. The van der Waals surface area contributed by atoms with Crippen LogP contribution in [0.5, 0.6) is 0 Å². The molecule has 0 heterocycles. The van der Waals surface area contributed by atoms with E-state index in [2.05, 4.69) is 6.07 Å². The van der Waals surface area contributed by atoms with Crippen LogP contribution < -0.4 is 0 Å². The average Bonchev–Trinajstić information content (AvgIpc) is 2.42. The average molecular weight is 277 g/mol. The second-order valence-corrected chi connectivity index (χ2v) is 5.36. The minimum Gasteiger partial charge on any atom is -0.388 e. The molecular formula is C16H14ClFO. The Bertz CT molecular complexity index is 624. The summed E-state index contributed by atoms with van der Waals surface area (Å²) < 4.78 is 13.2. The van der Waals surface area contributed by atoms with Crippen molar-refractivity contribution in [2.75, 3.05) is 0 Å². The zero-order valence-corrected chi connectivity index (χ0v) is 11.1. The fraction of sp³-hybridized carbons (Fsp3) is 0.250. The van der Waals surface area contributed by atoms with Crippen LogP contribution in [0.4, 0.5) is 4.39 Å². The van der Waals surface area contributed by atoms with E-state index in [-0.39, 0.29) is 11.1 Å². The molecule has 1 nitrogen and oxygen atoms in total. The molecule has 2 aromatic rings. The topological polar surface area (TPSA) is 20.2 Å². The number of hydrogen-bond donors (Lipinski definition) is 1. The third kappa shape index (κ3) is 2.38. The molecule has 0 amide bonds. The van der Waals surface area contributed by atoms with E-state index in [4.69, 9.17) is 11.6 Å². The van der Waals surface area contributed by atoms with Crippen molar-refractivity contribution in [3.05, 3.63) is 58.4 Å². The number of benzene rings is 2. The van der Waals surface area contributed by atoms with E-state index in [9.17, 15) is 9.50 Å². The Balaban J connectivity index is 2.04. The Morgan fingerprint density at radius 2 is 1.84 bits per heavy atom. The molecule has 0 fully saturated rings. The van der Waals surface area contributed by atoms with Gasteiger partial charge in [0.2, 0.25) is 0 Å². The van der Waals surface area contributed by atoms with Gasteiger partial charge in [-0.1, -0.05) is 35.9 Å². The summed E-state index contributed by atoms with van der Waals surface area (Å²) in [7, 11) is 0. The fourth-order valence-corrected chi connectivity index (χ4v) is 2.82. The van der Waals surface area contributed by atoms with Crippen molar-refractivity contribution in [1.29, 1.82) is 0 Å². The van der Waals surface area contributed by atoms with Gasteiger partial charge in [0.25, 0.3) is 0 Å². The van der Waals surface area contributed by atoms with Crippen molar-refractivity contribution in [2.24, 2.45) is 0 Å². The molecule has 2 aromatic carbocycles. The third-order valence-electron chi connectivity index (χ3n) is 3.68. The number of aliphatic hydroxyl groups is 1. The Hall–Kier alpha value is -1.38. The van der Waals surface area contributed by atoms with Gasteiger partial charge in [-0.3, -0.25) is 0 Å². The Morgan fingerprint density at radius 1 is 1.11 bits per heavy atom. The molecule has 1 unspecified atom stereocenters. The molecule has 0 bridgehead atoms. The van der Waals surface area contributed by atoms with E-state index in [1.165, 1.54) is 11.6 Å². The van der Waals surface area contributed by atoms with Crippen LogP contribution in [0.3, 0.4) is 0 Å². The molecule has 0 saturated carbocycles. The number of halogens is 2. The summed E-state index contributed by atoms with van der Waals surface area (Å²) in [4.78, 5) is 0. The van der Waals surface area contributed by atoms with E-state index < -0.39 is 5.82 Å². The van der Waals surface area contributed by atoms with Crippen molar-refractivity contribution in [2.45, 2.75) is 25.4 Å². The van der Waals surface area contributed by atoms with Gasteiger partial charge >= 0.3 is 0 Å². The monoisotopic (exact) mass is 276 g/mol. The summed E-state index contributed by atoms with van der Waals surface area (Å²) in [6, 6.07) is 10.7. The van der Waals surface area contributed by atoms with Gasteiger partial charge in [-0.2, -0.15) is 0 Å². The lowest BCUT2D eigenvalue weighted by Crippen LogP contribution is -2.08. The first kappa shape index (κ1) is 12.6. The molecule has 1 aliphatic carbocycles. The fourth-order valence-electron chi connectivity index (χ4n) is 2.64. The summed E-state index contributed by atoms with van der Waals surface area (Å²) in [5, 5.41) is 10.1. The Labute approximate surface area is 116 Å². The number of rotatable bonds is 1. The maximum atomic E-state index is 13.2. The summed E-state index contributed by atoms with van der Waals surface area (Å²) in [6.45, 7) is 0. The zero-order chi connectivity index (χ0) is 13.4. The predicted molar refractivity (Wildman–Crippen MR) is 74.7 cm³/mol. The molecule has 1 aliphatic rings. The normalized spacial score (nSPS) is 18.2. The molecular weight excluding hydrogens is 263 g/mol. The SMILES string of the molecule is OC1CCCc2cc(-c3ccc(F)c(Cl)c3)ccc21. The summed E-state index contributed by atoms with van der Waals surface area (Å²) in [5.41, 5.74) is 4.10. The largest absolute Gasteiger partial charge is 0.388 e. The maximum absolute atomic E-state index is 13.2. The van der Waals surface area contributed by atoms with Gasteiger partial charge in [0.15, 0.2) is 0 Å². The third-order valence-corrected chi connectivity index (χ3v) is 3.97. The molecule has 19 heavy (non-hydrogen) atoms. The van der Waals surface area contributed by atoms with Crippen LogP contribution in [0.15, 0.2) is 36.4 Å². The second-order valence-electron chi connectivity index (χ2n) is 4.95. The molecule has 0 aromatic heterocycles. The van der Waals surface area contributed by atoms with Gasteiger partial charge in [0, 0.05) is 0 Å². The van der Waals surface area contributed by atoms with Crippen LogP contribution in [-0.2, 0) is 6.42 Å². The van der Waals surface area contributed by atoms with Crippen LogP contribution in [0.2, 0.25) is 5.02 Å². The van der Waals surface area contributed by atoms with Crippen molar-refractivity contribution in [3.8, 4) is 11.1 Å². The van der Waals surface area contributed by atoms with E-state index in [0.717, 1.165) is 36.0 Å².